The van der Waals surface area contributed by atoms with Crippen molar-refractivity contribution in [3.63, 3.8) is 0 Å². The number of aliphatic hydroxyl groups excluding tert-OH is 2. The summed E-state index contributed by atoms with van der Waals surface area (Å²) in [7, 11) is -11.1. The van der Waals surface area contributed by atoms with Gasteiger partial charge in [-0.05, 0) is 6.92 Å². The number of aryl methyl sites for hydroxylation is 1. The fraction of sp³-hybridized carbons (Fsp3) is 0.600. The number of nitrogens with one attached hydrogen (secondary N) is 1. The zero-order chi connectivity index (χ0) is 23.1. The second-order valence-corrected chi connectivity index (χ2v) is 10.5. The highest BCUT2D eigenvalue weighted by Gasteiger charge is 2.46. The molecule has 6 N–H and O–H groups in total. The number of phosphoric acid groups is 2. The van der Waals surface area contributed by atoms with E-state index in [0.29, 0.717) is 0 Å². The monoisotopic (exact) mass is 492 g/mol. The van der Waals surface area contributed by atoms with Crippen LogP contribution in [0.1, 0.15) is 11.8 Å². The molecule has 0 aliphatic carbocycles. The first-order valence-electron chi connectivity index (χ1n) is 7.69. The third-order valence-corrected chi connectivity index (χ3v) is 7.52. The van der Waals surface area contributed by atoms with Crippen molar-refractivity contribution in [3.05, 3.63) is 32.6 Å². The Morgan fingerprint density at radius 3 is 2.33 bits per heavy atom. The fourth-order valence-corrected chi connectivity index (χ4v) is 5.52. The van der Waals surface area contributed by atoms with Gasteiger partial charge in [0.05, 0.1) is 6.61 Å². The average molecular weight is 492 g/mol. The van der Waals surface area contributed by atoms with Crippen LogP contribution in [-0.2, 0) is 31.6 Å². The number of hydrogen-bond acceptors (Lipinski definition) is 11. The lowest BCUT2D eigenvalue weighted by atomic mass is 10.1. The summed E-state index contributed by atoms with van der Waals surface area (Å²) in [6.07, 6.45) is -5.39. The molecule has 16 nitrogen and oxygen atoms in total. The van der Waals surface area contributed by atoms with Gasteiger partial charge in [-0.15, -0.1) is 0 Å². The minimum atomic E-state index is -5.61. The Morgan fingerprint density at radius 2 is 1.77 bits per heavy atom. The maximum Gasteiger partial charge on any atom is 0.487 e. The van der Waals surface area contributed by atoms with E-state index in [1.165, 1.54) is 6.92 Å². The summed E-state index contributed by atoms with van der Waals surface area (Å²) in [4.78, 5) is 51.4. The summed E-state index contributed by atoms with van der Waals surface area (Å²) in [5.74, 6) is 0. The van der Waals surface area contributed by atoms with Crippen LogP contribution in [-0.4, -0.2) is 66.9 Å². The summed E-state index contributed by atoms with van der Waals surface area (Å²) in [6, 6.07) is 0. The highest BCUT2D eigenvalue weighted by molar-refractivity contribution is 7.84. The first-order valence-corrected chi connectivity index (χ1v) is 12.3. The largest absolute Gasteiger partial charge is 0.487 e. The van der Waals surface area contributed by atoms with Crippen LogP contribution in [0, 0.1) is 6.92 Å². The second kappa shape index (κ2) is 8.90. The van der Waals surface area contributed by atoms with Crippen LogP contribution in [0.15, 0.2) is 15.8 Å². The molecule has 2 rings (SSSR count). The second-order valence-electron chi connectivity index (χ2n) is 5.98. The van der Waals surface area contributed by atoms with Gasteiger partial charge in [0.25, 0.3) is 13.0 Å². The van der Waals surface area contributed by atoms with E-state index in [2.05, 4.69) is 13.1 Å². The molecular formula is C10H16BN2O14P3. The molecule has 1 aromatic heterocycles. The maximum absolute atomic E-state index is 11.9. The Kier molecular flexibility index (Phi) is 7.52. The summed E-state index contributed by atoms with van der Waals surface area (Å²) in [5.41, 5.74) is -1.56. The standard InChI is InChI=1S/C10H16BN2O14P3/c1-4-2-13(10(17)12-8(4)16)9-7(15)6(14)5(25-9)3-24-28(11,18)26-30(22,23)27-29(19,20)21/h2,5-7,9,14-15H,3H2,1H3,(H,22,23)(H,12,16,17)(H2,19,20,21)/t5-,6+,7?,9-,28?/m1/s1. The number of nitrogens with zero attached hydrogens (tertiary/aromatic N) is 1. The van der Waals surface area contributed by atoms with Crippen LogP contribution in [0.3, 0.4) is 0 Å². The van der Waals surface area contributed by atoms with Crippen molar-refractivity contribution < 1.29 is 56.5 Å². The number of hydrogen-bond donors (Lipinski definition) is 6. The molecule has 0 amide bonds. The van der Waals surface area contributed by atoms with Crippen LogP contribution in [0.2, 0.25) is 0 Å². The molecule has 0 aromatic carbocycles. The smallest absolute Gasteiger partial charge is 0.387 e. The van der Waals surface area contributed by atoms with E-state index < -0.39 is 65.5 Å². The molecule has 0 spiro atoms. The van der Waals surface area contributed by atoms with Gasteiger partial charge in [-0.3, -0.25) is 18.9 Å². The van der Waals surface area contributed by atoms with E-state index in [0.717, 1.165) is 10.8 Å². The Labute approximate surface area is 168 Å². The number of aliphatic hydroxyl groups is 2. The Bertz CT molecular complexity index is 1050. The molecule has 0 saturated carbocycles. The van der Waals surface area contributed by atoms with Gasteiger partial charge in [0.1, 0.15) is 18.3 Å². The molecule has 168 valence electrons. The number of ether oxygens (including phenoxy) is 1. The molecule has 30 heavy (non-hydrogen) atoms. The third-order valence-electron chi connectivity index (χ3n) is 3.60. The molecule has 6 atom stereocenters. The van der Waals surface area contributed by atoms with Crippen molar-refractivity contribution in [1.29, 1.82) is 0 Å². The predicted molar refractivity (Wildman–Crippen MR) is 95.3 cm³/mol. The normalized spacial score (nSPS) is 28.7. The lowest BCUT2D eigenvalue weighted by Crippen LogP contribution is -2.38. The van der Waals surface area contributed by atoms with E-state index >= 15 is 0 Å². The van der Waals surface area contributed by atoms with Gasteiger partial charge in [-0.2, -0.15) is 4.31 Å². The zero-order valence-corrected chi connectivity index (χ0v) is 17.6. The van der Waals surface area contributed by atoms with Crippen molar-refractivity contribution in [2.45, 2.75) is 31.5 Å². The fourth-order valence-electron chi connectivity index (χ4n) is 2.37. The molecule has 3 unspecified atom stereocenters. The molecule has 20 heteroatoms. The highest BCUT2D eigenvalue weighted by Crippen LogP contribution is 2.66. The third kappa shape index (κ3) is 6.53. The summed E-state index contributed by atoms with van der Waals surface area (Å²) in [6.45, 7) is 0.442. The van der Waals surface area contributed by atoms with E-state index in [1.807, 2.05) is 4.98 Å². The van der Waals surface area contributed by atoms with Crippen molar-refractivity contribution in [2.24, 2.45) is 0 Å². The number of rotatable bonds is 8. The SMILES string of the molecule is [B]P(=O)(OC[C@H]1O[C@@H](n2cc(C)c(=O)[nH]c2=O)C(O)[C@H]1O)OP(=O)(O)OP(=O)(O)O. The van der Waals surface area contributed by atoms with Gasteiger partial charge in [-0.25, -0.2) is 18.2 Å². The highest BCUT2D eigenvalue weighted by atomic mass is 31.3. The quantitative estimate of drug-likeness (QED) is 0.170. The van der Waals surface area contributed by atoms with E-state index in [-0.39, 0.29) is 5.56 Å². The molecule has 1 aliphatic heterocycles. The molecule has 0 bridgehead atoms. The Balaban J connectivity index is 2.09. The van der Waals surface area contributed by atoms with Gasteiger partial charge >= 0.3 is 21.3 Å². The van der Waals surface area contributed by atoms with Gasteiger partial charge in [-0.1, -0.05) is 0 Å². The van der Waals surface area contributed by atoms with E-state index in [9.17, 15) is 33.5 Å². The summed E-state index contributed by atoms with van der Waals surface area (Å²) < 4.78 is 51.8. The number of H-pyrrole nitrogens is 1. The molecular weight excluding hydrogens is 476 g/mol. The van der Waals surface area contributed by atoms with Gasteiger partial charge in [0, 0.05) is 11.8 Å². The summed E-state index contributed by atoms with van der Waals surface area (Å²) in [5, 5.41) is 20.1. The van der Waals surface area contributed by atoms with Crippen molar-refractivity contribution in [3.8, 4) is 0 Å². The number of aromatic nitrogens is 2. The van der Waals surface area contributed by atoms with Crippen molar-refractivity contribution in [1.82, 2.24) is 9.55 Å². The first kappa shape index (κ1) is 25.3. The lowest BCUT2D eigenvalue weighted by molar-refractivity contribution is -0.0521. The van der Waals surface area contributed by atoms with Gasteiger partial charge in [0.2, 0.25) is 7.57 Å². The molecule has 1 aliphatic rings. The minimum Gasteiger partial charge on any atom is -0.387 e. The van der Waals surface area contributed by atoms with E-state index in [4.69, 9.17) is 27.0 Å². The molecule has 1 aromatic rings. The average Bonchev–Trinajstić information content (AvgIpc) is 2.81. The van der Waals surface area contributed by atoms with E-state index in [1.54, 1.807) is 0 Å². The van der Waals surface area contributed by atoms with Crippen LogP contribution in [0.5, 0.6) is 0 Å². The zero-order valence-electron chi connectivity index (χ0n) is 14.9. The minimum absolute atomic E-state index is 0.0863. The van der Waals surface area contributed by atoms with Crippen molar-refractivity contribution in [2.75, 3.05) is 6.61 Å². The topological polar surface area (TPSA) is 244 Å². The van der Waals surface area contributed by atoms with Crippen molar-refractivity contribution >= 4 is 30.7 Å². The van der Waals surface area contributed by atoms with Crippen LogP contribution in [0.4, 0.5) is 0 Å². The molecule has 1 fully saturated rings. The predicted octanol–water partition coefficient (Wildman–Crippen LogP) is -2.02. The van der Waals surface area contributed by atoms with Crippen LogP contribution < -0.4 is 11.2 Å². The molecule has 1 saturated heterocycles. The lowest BCUT2D eigenvalue weighted by Gasteiger charge is -2.21. The van der Waals surface area contributed by atoms with Gasteiger partial charge in [0.15, 0.2) is 6.23 Å². The first-order chi connectivity index (χ1) is 13.5. The summed E-state index contributed by atoms with van der Waals surface area (Å²) >= 11 is 0. The molecule has 2 heterocycles. The van der Waals surface area contributed by atoms with Crippen LogP contribution >= 0.6 is 23.1 Å². The Hall–Kier alpha value is -0.925. The Morgan fingerprint density at radius 1 is 1.17 bits per heavy atom. The van der Waals surface area contributed by atoms with Crippen LogP contribution in [0.25, 0.3) is 0 Å². The maximum atomic E-state index is 11.9. The van der Waals surface area contributed by atoms with Gasteiger partial charge < -0.3 is 34.2 Å². The number of aromatic amines is 1. The molecule has 2 radical (unpaired) electrons.